The Morgan fingerprint density at radius 3 is 2.14 bits per heavy atom. The second kappa shape index (κ2) is 13.2. The molecule has 0 N–H and O–H groups in total. The van der Waals surface area contributed by atoms with E-state index in [1.54, 1.807) is 11.8 Å². The highest BCUT2D eigenvalue weighted by Crippen LogP contribution is 2.26. The normalized spacial score (nSPS) is 12.3. The van der Waals surface area contributed by atoms with Crippen molar-refractivity contribution in [1.82, 2.24) is 9.47 Å². The van der Waals surface area contributed by atoms with Crippen molar-refractivity contribution < 1.29 is 23.8 Å². The first-order valence-corrected chi connectivity index (χ1v) is 12.7. The zero-order chi connectivity index (χ0) is 26.1. The number of amides is 1. The fraction of sp³-hybridized carbons (Fsp3) is 0.448. The number of esters is 1. The van der Waals surface area contributed by atoms with Crippen LogP contribution in [0.4, 0.5) is 0 Å². The van der Waals surface area contributed by atoms with Gasteiger partial charge in [0.15, 0.2) is 6.29 Å². The molecule has 3 aromatic rings. The molecule has 0 fully saturated rings. The Hall–Kier alpha value is -3.16. The predicted molar refractivity (Wildman–Crippen MR) is 141 cm³/mol. The monoisotopic (exact) mass is 494 g/mol. The van der Waals surface area contributed by atoms with Crippen LogP contribution in [0.3, 0.4) is 0 Å². The lowest BCUT2D eigenvalue weighted by atomic mass is 10.0. The maximum absolute atomic E-state index is 14.3. The zero-order valence-electron chi connectivity index (χ0n) is 22.0. The lowest BCUT2D eigenvalue weighted by Crippen LogP contribution is -2.54. The molecule has 1 aromatic heterocycles. The van der Waals surface area contributed by atoms with Crippen LogP contribution in [0.1, 0.15) is 50.7 Å². The van der Waals surface area contributed by atoms with Crippen molar-refractivity contribution in [2.75, 3.05) is 26.4 Å². The number of aromatic nitrogens is 1. The third kappa shape index (κ3) is 6.53. The Morgan fingerprint density at radius 1 is 0.889 bits per heavy atom. The second-order valence-electron chi connectivity index (χ2n) is 8.91. The standard InChI is InChI=1S/C29H38N2O5/c1-6-34-26(32)20-31(27(21(4)5)29(35-7-2)36-8-3)28(33)25-18-23-16-12-13-17-24(23)30(25)19-22-14-10-9-11-15-22/h9-18,21,27,29H,6-8,19-20H2,1-5H3. The average Bonchev–Trinajstić information content (AvgIpc) is 3.22. The van der Waals surface area contributed by atoms with Gasteiger partial charge in [-0.2, -0.15) is 0 Å². The minimum Gasteiger partial charge on any atom is -0.465 e. The number of carbonyl (C=O) groups excluding carboxylic acids is 2. The van der Waals surface area contributed by atoms with Crippen LogP contribution in [0.2, 0.25) is 0 Å². The van der Waals surface area contributed by atoms with Crippen molar-refractivity contribution in [3.05, 3.63) is 71.9 Å². The first kappa shape index (κ1) is 27.4. The summed E-state index contributed by atoms with van der Waals surface area (Å²) in [7, 11) is 0. The average molecular weight is 495 g/mol. The number of carbonyl (C=O) groups is 2. The summed E-state index contributed by atoms with van der Waals surface area (Å²) in [6.45, 7) is 10.9. The number of nitrogens with zero attached hydrogens (tertiary/aromatic N) is 2. The molecule has 194 valence electrons. The fourth-order valence-corrected chi connectivity index (χ4v) is 4.52. The summed E-state index contributed by atoms with van der Waals surface area (Å²) >= 11 is 0. The smallest absolute Gasteiger partial charge is 0.325 e. The van der Waals surface area contributed by atoms with E-state index in [9.17, 15) is 9.59 Å². The van der Waals surface area contributed by atoms with Crippen LogP contribution in [0.5, 0.6) is 0 Å². The largest absolute Gasteiger partial charge is 0.465 e. The van der Waals surface area contributed by atoms with Crippen LogP contribution in [-0.4, -0.2) is 60.0 Å². The van der Waals surface area contributed by atoms with E-state index in [4.69, 9.17) is 14.2 Å². The quantitative estimate of drug-likeness (QED) is 0.244. The van der Waals surface area contributed by atoms with E-state index in [-0.39, 0.29) is 25.0 Å². The van der Waals surface area contributed by atoms with Crippen LogP contribution in [0, 0.1) is 5.92 Å². The van der Waals surface area contributed by atoms with Crippen LogP contribution < -0.4 is 0 Å². The number of hydrogen-bond donors (Lipinski definition) is 0. The number of rotatable bonds is 13. The minimum absolute atomic E-state index is 0.0431. The lowest BCUT2D eigenvalue weighted by molar-refractivity contribution is -0.180. The maximum atomic E-state index is 14.3. The number of hydrogen-bond acceptors (Lipinski definition) is 5. The van der Waals surface area contributed by atoms with Crippen molar-refractivity contribution in [3.63, 3.8) is 0 Å². The summed E-state index contributed by atoms with van der Waals surface area (Å²) in [6.07, 6.45) is -0.676. The van der Waals surface area contributed by atoms with E-state index < -0.39 is 18.3 Å². The summed E-state index contributed by atoms with van der Waals surface area (Å²) in [5, 5.41) is 0.958. The molecule has 36 heavy (non-hydrogen) atoms. The van der Waals surface area contributed by atoms with Gasteiger partial charge in [-0.1, -0.05) is 62.4 Å². The van der Waals surface area contributed by atoms with Gasteiger partial charge in [0, 0.05) is 30.7 Å². The van der Waals surface area contributed by atoms with Gasteiger partial charge in [0.05, 0.1) is 12.6 Å². The van der Waals surface area contributed by atoms with E-state index in [1.165, 1.54) is 0 Å². The van der Waals surface area contributed by atoms with Crippen LogP contribution >= 0.6 is 0 Å². The van der Waals surface area contributed by atoms with Crippen LogP contribution in [0.25, 0.3) is 10.9 Å². The number of fused-ring (bicyclic) bond motifs is 1. The van der Waals surface area contributed by atoms with Crippen molar-refractivity contribution in [3.8, 4) is 0 Å². The van der Waals surface area contributed by atoms with Gasteiger partial charge in [-0.15, -0.1) is 0 Å². The van der Waals surface area contributed by atoms with Gasteiger partial charge in [-0.3, -0.25) is 9.59 Å². The van der Waals surface area contributed by atoms with Gasteiger partial charge >= 0.3 is 5.97 Å². The zero-order valence-corrected chi connectivity index (χ0v) is 22.0. The lowest BCUT2D eigenvalue weighted by Gasteiger charge is -2.38. The molecule has 1 amide bonds. The molecule has 3 rings (SSSR count). The molecule has 0 aliphatic heterocycles. The van der Waals surface area contributed by atoms with Crippen LogP contribution in [0.15, 0.2) is 60.7 Å². The molecule has 1 unspecified atom stereocenters. The van der Waals surface area contributed by atoms with E-state index in [1.807, 2.05) is 92.9 Å². The van der Waals surface area contributed by atoms with Crippen LogP contribution in [-0.2, 0) is 25.5 Å². The van der Waals surface area contributed by atoms with E-state index in [2.05, 4.69) is 0 Å². The van der Waals surface area contributed by atoms with Crippen molar-refractivity contribution >= 4 is 22.8 Å². The van der Waals surface area contributed by atoms with Gasteiger partial charge in [0.25, 0.3) is 5.91 Å². The Kier molecular flexibility index (Phi) is 10.1. The second-order valence-corrected chi connectivity index (χ2v) is 8.91. The van der Waals surface area contributed by atoms with E-state index >= 15 is 0 Å². The molecule has 2 aromatic carbocycles. The summed E-state index contributed by atoms with van der Waals surface area (Å²) in [6, 6.07) is 19.3. The van der Waals surface area contributed by atoms with Crippen molar-refractivity contribution in [2.24, 2.45) is 5.92 Å². The fourth-order valence-electron chi connectivity index (χ4n) is 4.52. The highest BCUT2D eigenvalue weighted by Gasteiger charge is 2.37. The topological polar surface area (TPSA) is 70.0 Å². The van der Waals surface area contributed by atoms with Gasteiger partial charge in [0.2, 0.25) is 0 Å². The van der Waals surface area contributed by atoms with Crippen molar-refractivity contribution in [1.29, 1.82) is 0 Å². The summed E-state index contributed by atoms with van der Waals surface area (Å²) in [5.41, 5.74) is 2.53. The molecule has 1 atom stereocenters. The molecule has 1 heterocycles. The molecule has 7 heteroatoms. The third-order valence-electron chi connectivity index (χ3n) is 6.06. The molecule has 0 spiro atoms. The SMILES string of the molecule is CCOC(=O)CN(C(=O)c1cc2ccccc2n1Cc1ccccc1)C(C(C)C)C(OCC)OCC. The Balaban J connectivity index is 2.12. The van der Waals surface area contributed by atoms with Crippen molar-refractivity contribution in [2.45, 2.75) is 53.5 Å². The highest BCUT2D eigenvalue weighted by atomic mass is 16.7. The summed E-state index contributed by atoms with van der Waals surface area (Å²) in [5.74, 6) is -0.773. The van der Waals surface area contributed by atoms with Gasteiger partial charge in [-0.05, 0) is 44.4 Å². The number of ether oxygens (including phenoxy) is 3. The molecule has 0 aliphatic carbocycles. The van der Waals surface area contributed by atoms with E-state index in [0.717, 1.165) is 16.5 Å². The number of para-hydroxylation sites is 1. The molecule has 0 saturated carbocycles. The predicted octanol–water partition coefficient (Wildman–Crippen LogP) is 5.12. The molecule has 0 aliphatic rings. The first-order valence-electron chi connectivity index (χ1n) is 12.7. The molecule has 0 saturated heterocycles. The van der Waals surface area contributed by atoms with Gasteiger partial charge in [0.1, 0.15) is 12.2 Å². The summed E-state index contributed by atoms with van der Waals surface area (Å²) in [4.78, 5) is 28.6. The maximum Gasteiger partial charge on any atom is 0.325 e. The summed E-state index contributed by atoms with van der Waals surface area (Å²) < 4.78 is 19.1. The first-order chi connectivity index (χ1) is 17.4. The molecule has 0 radical (unpaired) electrons. The Morgan fingerprint density at radius 2 is 1.53 bits per heavy atom. The molecule has 0 bridgehead atoms. The number of benzene rings is 2. The van der Waals surface area contributed by atoms with Gasteiger partial charge in [-0.25, -0.2) is 0 Å². The van der Waals surface area contributed by atoms with E-state index in [0.29, 0.717) is 25.5 Å². The highest BCUT2D eigenvalue weighted by molar-refractivity contribution is 6.00. The molecular weight excluding hydrogens is 456 g/mol. The Bertz CT molecular complexity index is 1120. The Labute approximate surface area is 213 Å². The molecular formula is C29H38N2O5. The molecule has 7 nitrogen and oxygen atoms in total. The third-order valence-corrected chi connectivity index (χ3v) is 6.06. The van der Waals surface area contributed by atoms with Gasteiger partial charge < -0.3 is 23.7 Å². The minimum atomic E-state index is -0.676.